The number of aryl methyl sites for hydroxylation is 4. The molecule has 0 spiro atoms. The Bertz CT molecular complexity index is 573. The first-order valence-corrected chi connectivity index (χ1v) is 7.17. The van der Waals surface area contributed by atoms with Gasteiger partial charge in [0.25, 0.3) is 0 Å². The smallest absolute Gasteiger partial charge is 0.137 e. The van der Waals surface area contributed by atoms with Crippen LogP contribution in [0.25, 0.3) is 0 Å². The Hall–Kier alpha value is -1.89. The lowest BCUT2D eigenvalue weighted by molar-refractivity contribution is -0.118. The van der Waals surface area contributed by atoms with E-state index >= 15 is 0 Å². The van der Waals surface area contributed by atoms with Crippen molar-refractivity contribution in [3.63, 3.8) is 0 Å². The van der Waals surface area contributed by atoms with Crippen LogP contribution in [0.15, 0.2) is 42.5 Å². The summed E-state index contributed by atoms with van der Waals surface area (Å²) in [5.74, 6) is 0.315. The van der Waals surface area contributed by atoms with E-state index in [-0.39, 0.29) is 0 Å². The molecule has 0 bridgehead atoms. The van der Waals surface area contributed by atoms with Crippen LogP contribution in [0.2, 0.25) is 0 Å². The molecular formula is C19H22O. The van der Waals surface area contributed by atoms with Crippen LogP contribution in [0.1, 0.15) is 34.2 Å². The Morgan fingerprint density at radius 3 is 2.00 bits per heavy atom. The molecular weight excluding hydrogens is 244 g/mol. The van der Waals surface area contributed by atoms with Gasteiger partial charge in [0.1, 0.15) is 5.78 Å². The van der Waals surface area contributed by atoms with E-state index in [1.54, 1.807) is 0 Å². The summed E-state index contributed by atoms with van der Waals surface area (Å²) in [6.45, 7) is 6.23. The Morgan fingerprint density at radius 2 is 1.40 bits per heavy atom. The average molecular weight is 266 g/mol. The molecule has 2 aromatic rings. The molecule has 0 aliphatic carbocycles. The molecule has 2 aromatic carbocycles. The monoisotopic (exact) mass is 266 g/mol. The molecule has 1 nitrogen and oxygen atoms in total. The Kier molecular flexibility index (Phi) is 4.73. The van der Waals surface area contributed by atoms with Gasteiger partial charge in [0.15, 0.2) is 0 Å². The first kappa shape index (κ1) is 14.5. The van der Waals surface area contributed by atoms with Crippen LogP contribution in [0.3, 0.4) is 0 Å². The molecule has 1 heteroatoms. The fraction of sp³-hybridized carbons (Fsp3) is 0.316. The number of carbonyl (C=O) groups excluding carboxylic acids is 1. The zero-order valence-electron chi connectivity index (χ0n) is 12.6. The van der Waals surface area contributed by atoms with Crippen LogP contribution in [0.5, 0.6) is 0 Å². The van der Waals surface area contributed by atoms with Gasteiger partial charge < -0.3 is 0 Å². The molecule has 0 unspecified atom stereocenters. The molecule has 0 amide bonds. The Morgan fingerprint density at radius 1 is 0.800 bits per heavy atom. The van der Waals surface area contributed by atoms with Gasteiger partial charge in [0, 0.05) is 12.8 Å². The second-order valence-electron chi connectivity index (χ2n) is 5.70. The lowest BCUT2D eigenvalue weighted by atomic mass is 9.99. The predicted octanol–water partition coefficient (Wildman–Crippen LogP) is 4.36. The van der Waals surface area contributed by atoms with E-state index in [2.05, 4.69) is 63.2 Å². The highest BCUT2D eigenvalue weighted by atomic mass is 16.1. The number of carbonyl (C=O) groups is 1. The van der Waals surface area contributed by atoms with Crippen molar-refractivity contribution >= 4 is 5.78 Å². The van der Waals surface area contributed by atoms with Gasteiger partial charge in [0.2, 0.25) is 0 Å². The van der Waals surface area contributed by atoms with Gasteiger partial charge in [-0.15, -0.1) is 0 Å². The molecule has 0 atom stereocenters. The largest absolute Gasteiger partial charge is 0.299 e. The Labute approximate surface area is 121 Å². The van der Waals surface area contributed by atoms with E-state index in [1.165, 1.54) is 22.3 Å². The number of Topliss-reactive ketones (excluding diaryl/α,β-unsaturated/α-hetero) is 1. The van der Waals surface area contributed by atoms with E-state index < -0.39 is 0 Å². The molecule has 0 aliphatic heterocycles. The van der Waals surface area contributed by atoms with Gasteiger partial charge in [-0.05, 0) is 38.3 Å². The quantitative estimate of drug-likeness (QED) is 0.786. The highest BCUT2D eigenvalue weighted by molar-refractivity contribution is 5.81. The second-order valence-corrected chi connectivity index (χ2v) is 5.70. The van der Waals surface area contributed by atoms with Crippen molar-refractivity contribution in [2.45, 2.75) is 40.0 Å². The minimum absolute atomic E-state index is 0.315. The summed E-state index contributed by atoms with van der Waals surface area (Å²) in [5, 5.41) is 0. The topological polar surface area (TPSA) is 17.1 Å². The van der Waals surface area contributed by atoms with Crippen molar-refractivity contribution in [3.8, 4) is 0 Å². The van der Waals surface area contributed by atoms with Crippen molar-refractivity contribution in [1.82, 2.24) is 0 Å². The molecule has 0 N–H and O–H groups in total. The van der Waals surface area contributed by atoms with Gasteiger partial charge in [-0.1, -0.05) is 59.2 Å². The van der Waals surface area contributed by atoms with Gasteiger partial charge in [-0.2, -0.15) is 0 Å². The Balaban J connectivity index is 1.90. The number of benzene rings is 2. The summed E-state index contributed by atoms with van der Waals surface area (Å²) in [6.07, 6.45) is 2.01. The fourth-order valence-electron chi connectivity index (χ4n) is 2.53. The number of hydrogen-bond donors (Lipinski definition) is 0. The standard InChI is InChI=1S/C19H22O/c1-14-4-6-17(7-5-14)8-9-19(20)13-18-11-15(2)10-16(3)12-18/h4-7,10-12H,8-9,13H2,1-3H3. The molecule has 0 aliphatic rings. The van der Waals surface area contributed by atoms with Crippen molar-refractivity contribution in [3.05, 3.63) is 70.3 Å². The highest BCUT2D eigenvalue weighted by Gasteiger charge is 2.05. The summed E-state index contributed by atoms with van der Waals surface area (Å²) in [6, 6.07) is 14.8. The maximum atomic E-state index is 12.1. The third kappa shape index (κ3) is 4.34. The maximum absolute atomic E-state index is 12.1. The van der Waals surface area contributed by atoms with Gasteiger partial charge in [0.05, 0.1) is 0 Å². The van der Waals surface area contributed by atoms with E-state index in [0.717, 1.165) is 12.0 Å². The van der Waals surface area contributed by atoms with Crippen LogP contribution in [-0.2, 0) is 17.6 Å². The lowest BCUT2D eigenvalue weighted by Crippen LogP contribution is -2.05. The molecule has 2 rings (SSSR count). The van der Waals surface area contributed by atoms with Crippen molar-refractivity contribution in [1.29, 1.82) is 0 Å². The van der Waals surface area contributed by atoms with Crippen LogP contribution >= 0.6 is 0 Å². The molecule has 20 heavy (non-hydrogen) atoms. The van der Waals surface area contributed by atoms with Crippen LogP contribution in [0, 0.1) is 20.8 Å². The molecule has 0 radical (unpaired) electrons. The molecule has 0 aromatic heterocycles. The normalized spacial score (nSPS) is 10.6. The summed E-state index contributed by atoms with van der Waals surface area (Å²) in [7, 11) is 0. The minimum atomic E-state index is 0.315. The first-order valence-electron chi connectivity index (χ1n) is 7.17. The molecule has 0 saturated carbocycles. The van der Waals surface area contributed by atoms with Crippen LogP contribution in [-0.4, -0.2) is 5.78 Å². The average Bonchev–Trinajstić information content (AvgIpc) is 2.37. The zero-order valence-corrected chi connectivity index (χ0v) is 12.6. The molecule has 0 saturated heterocycles. The maximum Gasteiger partial charge on any atom is 0.137 e. The lowest BCUT2D eigenvalue weighted by Gasteiger charge is -2.05. The molecule has 0 heterocycles. The zero-order chi connectivity index (χ0) is 14.5. The summed E-state index contributed by atoms with van der Waals surface area (Å²) in [5.41, 5.74) is 6.09. The van der Waals surface area contributed by atoms with Crippen LogP contribution < -0.4 is 0 Å². The van der Waals surface area contributed by atoms with E-state index in [1.807, 2.05) is 0 Å². The summed E-state index contributed by atoms with van der Waals surface area (Å²) in [4.78, 5) is 12.1. The van der Waals surface area contributed by atoms with E-state index in [9.17, 15) is 4.79 Å². The van der Waals surface area contributed by atoms with Gasteiger partial charge in [-0.25, -0.2) is 0 Å². The number of rotatable bonds is 5. The van der Waals surface area contributed by atoms with Crippen molar-refractivity contribution in [2.24, 2.45) is 0 Å². The first-order chi connectivity index (χ1) is 9.52. The summed E-state index contributed by atoms with van der Waals surface area (Å²) < 4.78 is 0. The van der Waals surface area contributed by atoms with Gasteiger partial charge in [-0.3, -0.25) is 4.79 Å². The van der Waals surface area contributed by atoms with E-state index in [4.69, 9.17) is 0 Å². The highest BCUT2D eigenvalue weighted by Crippen LogP contribution is 2.12. The third-order valence-electron chi connectivity index (χ3n) is 3.50. The van der Waals surface area contributed by atoms with Gasteiger partial charge >= 0.3 is 0 Å². The number of hydrogen-bond acceptors (Lipinski definition) is 1. The van der Waals surface area contributed by atoms with Crippen molar-refractivity contribution < 1.29 is 4.79 Å². The third-order valence-corrected chi connectivity index (χ3v) is 3.50. The number of ketones is 1. The SMILES string of the molecule is Cc1ccc(CCC(=O)Cc2cc(C)cc(C)c2)cc1. The van der Waals surface area contributed by atoms with Crippen molar-refractivity contribution in [2.75, 3.05) is 0 Å². The predicted molar refractivity (Wildman–Crippen MR) is 84.1 cm³/mol. The molecule has 0 fully saturated rings. The fourth-order valence-corrected chi connectivity index (χ4v) is 2.53. The summed E-state index contributed by atoms with van der Waals surface area (Å²) >= 11 is 0. The molecule has 104 valence electrons. The second kappa shape index (κ2) is 6.51. The van der Waals surface area contributed by atoms with Crippen LogP contribution in [0.4, 0.5) is 0 Å². The minimum Gasteiger partial charge on any atom is -0.299 e. The van der Waals surface area contributed by atoms with E-state index in [0.29, 0.717) is 18.6 Å².